The second-order valence-electron chi connectivity index (χ2n) is 5.05. The zero-order valence-electron chi connectivity index (χ0n) is 10.4. The number of unbranched alkanes of at least 4 members (excludes halogenated alkanes) is 2. The minimum absolute atomic E-state index is 0.311. The highest BCUT2D eigenvalue weighted by Gasteiger charge is 2.38. The standard InChI is InChI=1S/C12H20N4O/c1-2-3-4-5-15-7-11-12(8-15)17-9-10-6-13-14-16(10)11/h6,11-12H,2-5,7-9H2,1H3/t11-,12-/m0/s1. The van der Waals surface area contributed by atoms with Gasteiger partial charge in [0.05, 0.1) is 30.6 Å². The van der Waals surface area contributed by atoms with Crippen molar-refractivity contribution in [1.29, 1.82) is 0 Å². The number of aromatic nitrogens is 3. The van der Waals surface area contributed by atoms with Crippen molar-refractivity contribution < 1.29 is 4.74 Å². The molecule has 0 bridgehead atoms. The lowest BCUT2D eigenvalue weighted by atomic mass is 10.2. The van der Waals surface area contributed by atoms with Crippen LogP contribution < -0.4 is 0 Å². The highest BCUT2D eigenvalue weighted by Crippen LogP contribution is 2.29. The maximum atomic E-state index is 5.88. The summed E-state index contributed by atoms with van der Waals surface area (Å²) in [4.78, 5) is 2.50. The van der Waals surface area contributed by atoms with Gasteiger partial charge in [0, 0.05) is 13.1 Å². The lowest BCUT2D eigenvalue weighted by Crippen LogP contribution is -2.32. The van der Waals surface area contributed by atoms with Gasteiger partial charge in [0.25, 0.3) is 0 Å². The predicted octanol–water partition coefficient (Wildman–Crippen LogP) is 1.22. The van der Waals surface area contributed by atoms with Crippen molar-refractivity contribution in [1.82, 2.24) is 19.9 Å². The van der Waals surface area contributed by atoms with Crippen molar-refractivity contribution in [2.45, 2.75) is 44.9 Å². The Morgan fingerprint density at radius 3 is 3.24 bits per heavy atom. The van der Waals surface area contributed by atoms with Gasteiger partial charge in [0.2, 0.25) is 0 Å². The fourth-order valence-electron chi connectivity index (χ4n) is 2.84. The minimum atomic E-state index is 0.311. The first-order valence-electron chi connectivity index (χ1n) is 6.61. The average Bonchev–Trinajstić information content (AvgIpc) is 2.93. The molecule has 5 nitrogen and oxygen atoms in total. The summed E-state index contributed by atoms with van der Waals surface area (Å²) >= 11 is 0. The molecule has 0 radical (unpaired) electrons. The third-order valence-corrected chi connectivity index (χ3v) is 3.80. The molecule has 0 saturated carbocycles. The lowest BCUT2D eigenvalue weighted by Gasteiger charge is -2.25. The van der Waals surface area contributed by atoms with E-state index in [9.17, 15) is 0 Å². The molecule has 0 amide bonds. The smallest absolute Gasteiger partial charge is 0.0944 e. The number of hydrogen-bond donors (Lipinski definition) is 0. The number of likely N-dealkylation sites (tertiary alicyclic amines) is 1. The lowest BCUT2D eigenvalue weighted by molar-refractivity contribution is -0.00508. The van der Waals surface area contributed by atoms with Crippen molar-refractivity contribution in [3.63, 3.8) is 0 Å². The van der Waals surface area contributed by atoms with E-state index < -0.39 is 0 Å². The molecular weight excluding hydrogens is 216 g/mol. The van der Waals surface area contributed by atoms with Crippen LogP contribution >= 0.6 is 0 Å². The van der Waals surface area contributed by atoms with E-state index in [2.05, 4.69) is 26.8 Å². The molecule has 0 N–H and O–H groups in total. The van der Waals surface area contributed by atoms with Crippen LogP contribution in [0.2, 0.25) is 0 Å². The third kappa shape index (κ3) is 2.09. The Kier molecular flexibility index (Phi) is 3.11. The van der Waals surface area contributed by atoms with Gasteiger partial charge < -0.3 is 4.74 Å². The maximum absolute atomic E-state index is 5.88. The minimum Gasteiger partial charge on any atom is -0.368 e. The molecule has 5 heteroatoms. The molecule has 0 spiro atoms. The quantitative estimate of drug-likeness (QED) is 0.737. The van der Waals surface area contributed by atoms with Crippen LogP contribution in [0.25, 0.3) is 0 Å². The SMILES string of the molecule is CCCCCN1C[C@@H]2OCc3cnnn3[C@H]2C1. The van der Waals surface area contributed by atoms with Gasteiger partial charge in [-0.3, -0.25) is 4.90 Å². The number of ether oxygens (including phenoxy) is 1. The Morgan fingerprint density at radius 1 is 1.41 bits per heavy atom. The van der Waals surface area contributed by atoms with E-state index in [4.69, 9.17) is 4.74 Å². The largest absolute Gasteiger partial charge is 0.368 e. The number of fused-ring (bicyclic) bond motifs is 3. The first kappa shape index (κ1) is 11.2. The van der Waals surface area contributed by atoms with Crippen molar-refractivity contribution >= 4 is 0 Å². The molecule has 1 aromatic rings. The van der Waals surface area contributed by atoms with Crippen LogP contribution in [-0.4, -0.2) is 45.6 Å². The van der Waals surface area contributed by atoms with Gasteiger partial charge in [-0.15, -0.1) is 5.10 Å². The molecule has 2 aliphatic rings. The van der Waals surface area contributed by atoms with Crippen LogP contribution in [0.5, 0.6) is 0 Å². The van der Waals surface area contributed by atoms with Crippen LogP contribution in [0.3, 0.4) is 0 Å². The molecule has 1 saturated heterocycles. The summed E-state index contributed by atoms with van der Waals surface area (Å²) in [7, 11) is 0. The molecule has 2 aliphatic heterocycles. The second-order valence-corrected chi connectivity index (χ2v) is 5.05. The van der Waals surface area contributed by atoms with Crippen LogP contribution in [0.15, 0.2) is 6.20 Å². The third-order valence-electron chi connectivity index (χ3n) is 3.80. The summed E-state index contributed by atoms with van der Waals surface area (Å²) in [6.45, 7) is 6.21. The zero-order valence-corrected chi connectivity index (χ0v) is 10.4. The Morgan fingerprint density at radius 2 is 2.35 bits per heavy atom. The predicted molar refractivity (Wildman–Crippen MR) is 63.6 cm³/mol. The summed E-state index contributed by atoms with van der Waals surface area (Å²) < 4.78 is 7.94. The van der Waals surface area contributed by atoms with Crippen molar-refractivity contribution in [3.05, 3.63) is 11.9 Å². The van der Waals surface area contributed by atoms with Gasteiger partial charge in [-0.2, -0.15) is 0 Å². The summed E-state index contributed by atoms with van der Waals surface area (Å²) in [5, 5.41) is 8.17. The Hall–Kier alpha value is -0.940. The highest BCUT2D eigenvalue weighted by atomic mass is 16.5. The molecule has 0 aromatic carbocycles. The van der Waals surface area contributed by atoms with Crippen molar-refractivity contribution in [2.24, 2.45) is 0 Å². The molecule has 0 unspecified atom stereocenters. The van der Waals surface area contributed by atoms with E-state index in [-0.39, 0.29) is 0 Å². The molecular formula is C12H20N4O. The topological polar surface area (TPSA) is 43.2 Å². The molecule has 0 aliphatic carbocycles. The maximum Gasteiger partial charge on any atom is 0.0944 e. The van der Waals surface area contributed by atoms with Gasteiger partial charge in [-0.05, 0) is 13.0 Å². The summed E-state index contributed by atoms with van der Waals surface area (Å²) in [5.74, 6) is 0. The monoisotopic (exact) mass is 236 g/mol. The average molecular weight is 236 g/mol. The molecule has 94 valence electrons. The number of nitrogens with zero attached hydrogens (tertiary/aromatic N) is 4. The van der Waals surface area contributed by atoms with Gasteiger partial charge in [0.1, 0.15) is 0 Å². The van der Waals surface area contributed by atoms with E-state index in [1.54, 1.807) is 0 Å². The molecule has 1 fully saturated rings. The van der Waals surface area contributed by atoms with Gasteiger partial charge in [-0.1, -0.05) is 25.0 Å². The van der Waals surface area contributed by atoms with E-state index in [1.165, 1.54) is 25.8 Å². The number of rotatable bonds is 4. The molecule has 3 heterocycles. The summed E-state index contributed by atoms with van der Waals surface area (Å²) in [6.07, 6.45) is 6.02. The van der Waals surface area contributed by atoms with E-state index in [1.807, 2.05) is 6.20 Å². The van der Waals surface area contributed by atoms with E-state index in [0.29, 0.717) is 18.8 Å². The second kappa shape index (κ2) is 4.74. The molecule has 3 rings (SSSR count). The number of hydrogen-bond acceptors (Lipinski definition) is 4. The Labute approximate surface area is 102 Å². The molecule has 17 heavy (non-hydrogen) atoms. The first-order valence-corrected chi connectivity index (χ1v) is 6.61. The normalized spacial score (nSPS) is 28.1. The van der Waals surface area contributed by atoms with Crippen molar-refractivity contribution in [2.75, 3.05) is 19.6 Å². The van der Waals surface area contributed by atoms with E-state index in [0.717, 1.165) is 18.8 Å². The van der Waals surface area contributed by atoms with Crippen LogP contribution in [0.1, 0.15) is 37.9 Å². The van der Waals surface area contributed by atoms with Gasteiger partial charge >= 0.3 is 0 Å². The van der Waals surface area contributed by atoms with Crippen LogP contribution in [0, 0.1) is 0 Å². The first-order chi connectivity index (χ1) is 8.38. The molecule has 2 atom stereocenters. The van der Waals surface area contributed by atoms with Gasteiger partial charge in [0.15, 0.2) is 0 Å². The van der Waals surface area contributed by atoms with E-state index >= 15 is 0 Å². The Balaban J connectivity index is 1.63. The summed E-state index contributed by atoms with van der Waals surface area (Å²) in [5.41, 5.74) is 1.11. The zero-order chi connectivity index (χ0) is 11.7. The molecule has 1 aromatic heterocycles. The summed E-state index contributed by atoms with van der Waals surface area (Å²) in [6, 6.07) is 0.378. The highest BCUT2D eigenvalue weighted by molar-refractivity contribution is 5.02. The van der Waals surface area contributed by atoms with Crippen LogP contribution in [0.4, 0.5) is 0 Å². The van der Waals surface area contributed by atoms with Crippen LogP contribution in [-0.2, 0) is 11.3 Å². The fourth-order valence-corrected chi connectivity index (χ4v) is 2.84. The van der Waals surface area contributed by atoms with Crippen molar-refractivity contribution in [3.8, 4) is 0 Å². The van der Waals surface area contributed by atoms with Gasteiger partial charge in [-0.25, -0.2) is 4.68 Å². The Bertz CT molecular complexity index is 378. The fraction of sp³-hybridized carbons (Fsp3) is 0.833.